The molecule has 0 saturated carbocycles. The molecule has 0 unspecified atom stereocenters. The van der Waals surface area contributed by atoms with Crippen molar-refractivity contribution in [1.82, 2.24) is 19.5 Å². The summed E-state index contributed by atoms with van der Waals surface area (Å²) >= 11 is 0. The van der Waals surface area contributed by atoms with E-state index in [0.717, 1.165) is 5.56 Å². The number of anilines is 2. The Balaban J connectivity index is 1.57. The average molecular weight is 445 g/mol. The minimum atomic E-state index is -0.390. The summed E-state index contributed by atoms with van der Waals surface area (Å²) in [6, 6.07) is 12.6. The predicted octanol–water partition coefficient (Wildman–Crippen LogP) is 6.66. The van der Waals surface area contributed by atoms with Crippen LogP contribution in [0.25, 0.3) is 33.9 Å². The second-order valence-electron chi connectivity index (χ2n) is 8.03. The Hall–Kier alpha value is -4.07. The molecule has 0 bridgehead atoms. The molecule has 166 valence electrons. The van der Waals surface area contributed by atoms with Crippen molar-refractivity contribution in [3.63, 3.8) is 0 Å². The van der Waals surface area contributed by atoms with Crippen LogP contribution >= 0.6 is 0 Å². The summed E-state index contributed by atoms with van der Waals surface area (Å²) < 4.78 is 35.5. The summed E-state index contributed by atoms with van der Waals surface area (Å²) in [5, 5.41) is 3.23. The predicted molar refractivity (Wildman–Crippen MR) is 123 cm³/mol. The molecule has 0 atom stereocenters. The molecule has 0 aliphatic heterocycles. The van der Waals surface area contributed by atoms with Gasteiger partial charge in [-0.2, -0.15) is 0 Å². The lowest BCUT2D eigenvalue weighted by molar-refractivity contribution is 0.532. The number of aryl methyl sites for hydroxylation is 1. The van der Waals surface area contributed by atoms with Crippen LogP contribution in [0.3, 0.4) is 0 Å². The number of pyridine rings is 1. The number of nitrogens with one attached hydrogen (secondary N) is 1. The number of hydrogen-bond acceptors (Lipinski definition) is 5. The number of nitrogens with zero attached hydrogens (tertiary/aromatic N) is 4. The summed E-state index contributed by atoms with van der Waals surface area (Å²) in [7, 11) is 0. The van der Waals surface area contributed by atoms with Crippen LogP contribution in [-0.2, 0) is 0 Å². The minimum absolute atomic E-state index is 0.0102. The van der Waals surface area contributed by atoms with Crippen molar-refractivity contribution in [3.05, 3.63) is 78.4 Å². The van der Waals surface area contributed by atoms with Gasteiger partial charge in [0.2, 0.25) is 0 Å². The third-order valence-corrected chi connectivity index (χ3v) is 5.30. The number of fused-ring (bicyclic) bond motifs is 1. The van der Waals surface area contributed by atoms with Gasteiger partial charge in [-0.1, -0.05) is 0 Å². The zero-order valence-electron chi connectivity index (χ0n) is 18.3. The van der Waals surface area contributed by atoms with E-state index in [4.69, 9.17) is 9.40 Å². The van der Waals surface area contributed by atoms with E-state index in [2.05, 4.69) is 15.3 Å². The van der Waals surface area contributed by atoms with Crippen LogP contribution in [0.4, 0.5) is 20.2 Å². The van der Waals surface area contributed by atoms with Gasteiger partial charge in [-0.25, -0.2) is 18.7 Å². The van der Waals surface area contributed by atoms with Gasteiger partial charge in [0.25, 0.3) is 0 Å². The molecule has 3 heterocycles. The van der Waals surface area contributed by atoms with Crippen LogP contribution in [0, 0.1) is 18.6 Å². The third-order valence-electron chi connectivity index (χ3n) is 5.30. The van der Waals surface area contributed by atoms with Crippen molar-refractivity contribution in [3.8, 4) is 22.8 Å². The normalized spacial score (nSPS) is 11.5. The van der Waals surface area contributed by atoms with Crippen LogP contribution in [0.5, 0.6) is 0 Å². The fraction of sp³-hybridized carbons (Fsp3) is 0.160. The zero-order chi connectivity index (χ0) is 23.1. The SMILES string of the molecule is Cc1ncc(-c2ccc(Nc3cc(F)cc4c3nc(-c3ccc(F)cc3)n4C(C)C)cn2)o1. The van der Waals surface area contributed by atoms with Gasteiger partial charge in [0.05, 0.1) is 29.3 Å². The van der Waals surface area contributed by atoms with Crippen molar-refractivity contribution in [2.75, 3.05) is 5.32 Å². The van der Waals surface area contributed by atoms with Gasteiger partial charge in [0.15, 0.2) is 11.7 Å². The first-order valence-electron chi connectivity index (χ1n) is 10.5. The topological polar surface area (TPSA) is 68.8 Å². The smallest absolute Gasteiger partial charge is 0.191 e. The maximum absolute atomic E-state index is 14.6. The molecule has 1 N–H and O–H groups in total. The Morgan fingerprint density at radius 1 is 0.939 bits per heavy atom. The monoisotopic (exact) mass is 445 g/mol. The van der Waals surface area contributed by atoms with Crippen molar-refractivity contribution in [1.29, 1.82) is 0 Å². The molecule has 5 rings (SSSR count). The Morgan fingerprint density at radius 3 is 2.36 bits per heavy atom. The van der Waals surface area contributed by atoms with E-state index in [1.165, 1.54) is 24.3 Å². The second-order valence-corrected chi connectivity index (χ2v) is 8.03. The first kappa shape index (κ1) is 20.8. The molecule has 5 aromatic rings. The Labute approximate surface area is 188 Å². The second kappa shape index (κ2) is 8.12. The number of oxazole rings is 1. The summed E-state index contributed by atoms with van der Waals surface area (Å²) in [6.07, 6.45) is 3.26. The van der Waals surface area contributed by atoms with Crippen LogP contribution in [0.1, 0.15) is 25.8 Å². The van der Waals surface area contributed by atoms with E-state index in [9.17, 15) is 8.78 Å². The average Bonchev–Trinajstić information content (AvgIpc) is 3.39. The quantitative estimate of drug-likeness (QED) is 0.327. The maximum atomic E-state index is 14.6. The molecule has 0 radical (unpaired) electrons. The van der Waals surface area contributed by atoms with E-state index < -0.39 is 0 Å². The molecule has 8 heteroatoms. The molecule has 0 aliphatic rings. The number of aromatic nitrogens is 4. The molecular formula is C25H21F2N5O. The van der Waals surface area contributed by atoms with E-state index >= 15 is 0 Å². The number of imidazole rings is 1. The first-order valence-corrected chi connectivity index (χ1v) is 10.5. The number of hydrogen-bond donors (Lipinski definition) is 1. The van der Waals surface area contributed by atoms with E-state index in [1.54, 1.807) is 37.5 Å². The van der Waals surface area contributed by atoms with Crippen molar-refractivity contribution < 1.29 is 13.2 Å². The Morgan fingerprint density at radius 2 is 1.73 bits per heavy atom. The van der Waals surface area contributed by atoms with Crippen LogP contribution in [0.2, 0.25) is 0 Å². The molecular weight excluding hydrogens is 424 g/mol. The summed E-state index contributed by atoms with van der Waals surface area (Å²) in [5.41, 5.74) is 3.84. The number of halogens is 2. The first-order chi connectivity index (χ1) is 15.9. The number of rotatable bonds is 5. The van der Waals surface area contributed by atoms with Gasteiger partial charge in [-0.3, -0.25) is 4.98 Å². The highest BCUT2D eigenvalue weighted by molar-refractivity contribution is 5.93. The summed E-state index contributed by atoms with van der Waals surface area (Å²) in [5.74, 6) is 1.07. The molecule has 3 aromatic heterocycles. The highest BCUT2D eigenvalue weighted by Gasteiger charge is 2.19. The molecule has 0 aliphatic carbocycles. The van der Waals surface area contributed by atoms with Gasteiger partial charge in [0.1, 0.15) is 28.7 Å². The van der Waals surface area contributed by atoms with Crippen molar-refractivity contribution in [2.45, 2.75) is 26.8 Å². The Bertz CT molecular complexity index is 1440. The highest BCUT2D eigenvalue weighted by Crippen LogP contribution is 2.34. The largest absolute Gasteiger partial charge is 0.439 e. The van der Waals surface area contributed by atoms with Gasteiger partial charge in [0, 0.05) is 18.5 Å². The lowest BCUT2D eigenvalue weighted by Crippen LogP contribution is -2.03. The molecule has 0 fully saturated rings. The molecule has 6 nitrogen and oxygen atoms in total. The summed E-state index contributed by atoms with van der Waals surface area (Å²) in [6.45, 7) is 5.77. The van der Waals surface area contributed by atoms with Crippen molar-refractivity contribution in [2.24, 2.45) is 0 Å². The Kier molecular flexibility index (Phi) is 5.12. The van der Waals surface area contributed by atoms with Gasteiger partial charge < -0.3 is 14.3 Å². The van der Waals surface area contributed by atoms with Crippen molar-refractivity contribution >= 4 is 22.4 Å². The lowest BCUT2D eigenvalue weighted by atomic mass is 10.2. The van der Waals surface area contributed by atoms with E-state index in [1.807, 2.05) is 24.5 Å². The van der Waals surface area contributed by atoms with E-state index in [-0.39, 0.29) is 17.7 Å². The van der Waals surface area contributed by atoms with Gasteiger partial charge in [-0.15, -0.1) is 0 Å². The molecule has 2 aromatic carbocycles. The van der Waals surface area contributed by atoms with Crippen LogP contribution < -0.4 is 5.32 Å². The fourth-order valence-electron chi connectivity index (χ4n) is 3.83. The number of benzene rings is 2. The minimum Gasteiger partial charge on any atom is -0.439 e. The molecule has 33 heavy (non-hydrogen) atoms. The van der Waals surface area contributed by atoms with Crippen LogP contribution in [-0.4, -0.2) is 19.5 Å². The van der Waals surface area contributed by atoms with Crippen LogP contribution in [0.15, 0.2) is 65.3 Å². The van der Waals surface area contributed by atoms with Gasteiger partial charge >= 0.3 is 0 Å². The third kappa shape index (κ3) is 3.95. The molecule has 0 saturated heterocycles. The standard InChI is InChI=1S/C25H21F2N5O/c1-14(2)32-22-11-18(27)10-21(24(22)31-25(32)16-4-6-17(26)7-5-16)30-19-8-9-20(29-12-19)23-13-28-15(3)33-23/h4-14,30H,1-3H3. The summed E-state index contributed by atoms with van der Waals surface area (Å²) in [4.78, 5) is 13.3. The molecule has 0 spiro atoms. The molecule has 0 amide bonds. The van der Waals surface area contributed by atoms with E-state index in [0.29, 0.717) is 45.6 Å². The fourth-order valence-corrected chi connectivity index (χ4v) is 3.83. The maximum Gasteiger partial charge on any atom is 0.191 e. The highest BCUT2D eigenvalue weighted by atomic mass is 19.1. The van der Waals surface area contributed by atoms with Gasteiger partial charge in [-0.05, 0) is 62.4 Å². The lowest BCUT2D eigenvalue weighted by Gasteiger charge is -2.13. The zero-order valence-corrected chi connectivity index (χ0v) is 18.3.